The van der Waals surface area contributed by atoms with Crippen molar-refractivity contribution in [2.24, 2.45) is 0 Å². The highest BCUT2D eigenvalue weighted by molar-refractivity contribution is 5.93. The first-order valence-electron chi connectivity index (χ1n) is 9.65. The van der Waals surface area contributed by atoms with Gasteiger partial charge in [-0.3, -0.25) is 9.59 Å². The summed E-state index contributed by atoms with van der Waals surface area (Å²) in [6.07, 6.45) is 3.15. The second-order valence-corrected chi connectivity index (χ2v) is 6.79. The molecular formula is C22H20N6O3. The van der Waals surface area contributed by atoms with Crippen molar-refractivity contribution in [2.75, 3.05) is 23.7 Å². The Bertz CT molecular complexity index is 1290. The molecule has 0 atom stereocenters. The number of pyridine rings is 1. The fraction of sp³-hybridized carbons (Fsp3) is 0.136. The van der Waals surface area contributed by atoms with Gasteiger partial charge in [-0.25, -0.2) is 15.0 Å². The van der Waals surface area contributed by atoms with Gasteiger partial charge in [-0.1, -0.05) is 12.1 Å². The highest BCUT2D eigenvalue weighted by atomic mass is 16.3. The highest BCUT2D eigenvalue weighted by Crippen LogP contribution is 2.15. The number of para-hydroxylation sites is 1. The van der Waals surface area contributed by atoms with Crippen LogP contribution in [0.3, 0.4) is 0 Å². The van der Waals surface area contributed by atoms with Crippen molar-refractivity contribution in [1.29, 1.82) is 0 Å². The molecular weight excluding hydrogens is 396 g/mol. The number of carbonyl (C=O) groups excluding carboxylic acids is 1. The molecule has 0 unspecified atom stereocenters. The second kappa shape index (κ2) is 9.04. The van der Waals surface area contributed by atoms with E-state index in [4.69, 9.17) is 4.42 Å². The molecule has 3 N–H and O–H groups in total. The van der Waals surface area contributed by atoms with Crippen LogP contribution < -0.4 is 21.4 Å². The number of fused-ring (bicyclic) bond motifs is 1. The zero-order valence-corrected chi connectivity index (χ0v) is 16.8. The molecule has 0 spiro atoms. The van der Waals surface area contributed by atoms with Gasteiger partial charge in [0.25, 0.3) is 5.91 Å². The molecule has 0 aliphatic heterocycles. The summed E-state index contributed by atoms with van der Waals surface area (Å²) in [5.74, 6) is 1.39. The van der Waals surface area contributed by atoms with Crippen LogP contribution in [0.1, 0.15) is 16.1 Å². The SMILES string of the molecule is Cc1ccnc(Nc2cc(NCCNC(=O)c3cc(=O)c4ccccc4o3)ncn2)c1. The number of aryl methyl sites for hydroxylation is 1. The Kier molecular flexibility index (Phi) is 5.84. The highest BCUT2D eigenvalue weighted by Gasteiger charge is 2.11. The molecule has 0 saturated carbocycles. The van der Waals surface area contributed by atoms with E-state index in [9.17, 15) is 9.59 Å². The summed E-state index contributed by atoms with van der Waals surface area (Å²) in [4.78, 5) is 37.0. The van der Waals surface area contributed by atoms with E-state index in [-0.39, 0.29) is 11.2 Å². The topological polar surface area (TPSA) is 122 Å². The van der Waals surface area contributed by atoms with Gasteiger partial charge in [0, 0.05) is 31.4 Å². The minimum absolute atomic E-state index is 0.0251. The minimum atomic E-state index is -0.458. The number of anilines is 3. The average Bonchev–Trinajstić information content (AvgIpc) is 2.77. The normalized spacial score (nSPS) is 10.6. The number of nitrogens with zero attached hydrogens (tertiary/aromatic N) is 3. The lowest BCUT2D eigenvalue weighted by Gasteiger charge is -2.09. The van der Waals surface area contributed by atoms with Gasteiger partial charge in [-0.15, -0.1) is 0 Å². The summed E-state index contributed by atoms with van der Waals surface area (Å²) in [7, 11) is 0. The summed E-state index contributed by atoms with van der Waals surface area (Å²) in [6.45, 7) is 2.71. The summed E-state index contributed by atoms with van der Waals surface area (Å²) < 4.78 is 5.53. The van der Waals surface area contributed by atoms with Crippen LogP contribution in [0.15, 0.2) is 70.3 Å². The molecule has 156 valence electrons. The summed E-state index contributed by atoms with van der Waals surface area (Å²) in [5, 5.41) is 9.39. The van der Waals surface area contributed by atoms with E-state index in [1.165, 1.54) is 12.4 Å². The number of amides is 1. The first-order chi connectivity index (χ1) is 15.1. The summed E-state index contributed by atoms with van der Waals surface area (Å²) in [6, 6.07) is 13.6. The van der Waals surface area contributed by atoms with E-state index in [1.54, 1.807) is 36.5 Å². The number of rotatable bonds is 7. The number of benzene rings is 1. The molecule has 0 bridgehead atoms. The lowest BCUT2D eigenvalue weighted by Crippen LogP contribution is -2.29. The van der Waals surface area contributed by atoms with E-state index in [0.717, 1.165) is 5.56 Å². The Labute approximate surface area is 177 Å². The van der Waals surface area contributed by atoms with Gasteiger partial charge in [-0.2, -0.15) is 0 Å². The average molecular weight is 416 g/mol. The number of nitrogens with one attached hydrogen (secondary N) is 3. The first-order valence-corrected chi connectivity index (χ1v) is 9.65. The molecule has 1 amide bonds. The Hall–Kier alpha value is -4.27. The van der Waals surface area contributed by atoms with Gasteiger partial charge in [0.2, 0.25) is 0 Å². The third kappa shape index (κ3) is 5.02. The van der Waals surface area contributed by atoms with Crippen LogP contribution >= 0.6 is 0 Å². The summed E-state index contributed by atoms with van der Waals surface area (Å²) in [5.41, 5.74) is 1.21. The first kappa shape index (κ1) is 20.0. The smallest absolute Gasteiger partial charge is 0.287 e. The Morgan fingerprint density at radius 3 is 2.65 bits per heavy atom. The molecule has 9 heteroatoms. The van der Waals surface area contributed by atoms with E-state index in [0.29, 0.717) is 41.5 Å². The number of hydrogen-bond acceptors (Lipinski definition) is 8. The van der Waals surface area contributed by atoms with Gasteiger partial charge >= 0.3 is 0 Å². The van der Waals surface area contributed by atoms with Crippen LogP contribution in [0.4, 0.5) is 17.5 Å². The molecule has 3 heterocycles. The predicted molar refractivity (Wildman–Crippen MR) is 118 cm³/mol. The zero-order valence-electron chi connectivity index (χ0n) is 16.8. The van der Waals surface area contributed by atoms with Crippen molar-refractivity contribution in [3.05, 3.63) is 82.6 Å². The molecule has 3 aromatic heterocycles. The van der Waals surface area contributed by atoms with Crippen molar-refractivity contribution < 1.29 is 9.21 Å². The van der Waals surface area contributed by atoms with Crippen LogP contribution in [0, 0.1) is 6.92 Å². The van der Waals surface area contributed by atoms with Gasteiger partial charge < -0.3 is 20.4 Å². The van der Waals surface area contributed by atoms with E-state index >= 15 is 0 Å². The van der Waals surface area contributed by atoms with Crippen molar-refractivity contribution in [3.63, 3.8) is 0 Å². The number of aromatic nitrogens is 3. The van der Waals surface area contributed by atoms with E-state index in [1.807, 2.05) is 19.1 Å². The second-order valence-electron chi connectivity index (χ2n) is 6.79. The van der Waals surface area contributed by atoms with Crippen LogP contribution in [0.5, 0.6) is 0 Å². The monoisotopic (exact) mass is 416 g/mol. The molecule has 9 nitrogen and oxygen atoms in total. The maximum Gasteiger partial charge on any atom is 0.287 e. The fourth-order valence-electron chi connectivity index (χ4n) is 2.93. The minimum Gasteiger partial charge on any atom is -0.451 e. The predicted octanol–water partition coefficient (Wildman–Crippen LogP) is 2.87. The van der Waals surface area contributed by atoms with Gasteiger partial charge in [0.1, 0.15) is 29.4 Å². The van der Waals surface area contributed by atoms with Gasteiger partial charge in [0.05, 0.1) is 5.39 Å². The number of hydrogen-bond donors (Lipinski definition) is 3. The molecule has 1 aromatic carbocycles. The molecule has 4 rings (SSSR count). The van der Waals surface area contributed by atoms with Gasteiger partial charge in [-0.05, 0) is 36.8 Å². The number of carbonyl (C=O) groups is 1. The Balaban J connectivity index is 1.32. The zero-order chi connectivity index (χ0) is 21.6. The molecule has 4 aromatic rings. The lowest BCUT2D eigenvalue weighted by atomic mass is 10.2. The molecule has 31 heavy (non-hydrogen) atoms. The van der Waals surface area contributed by atoms with E-state index in [2.05, 4.69) is 30.9 Å². The Morgan fingerprint density at radius 1 is 0.968 bits per heavy atom. The quantitative estimate of drug-likeness (QED) is 0.393. The van der Waals surface area contributed by atoms with E-state index < -0.39 is 5.91 Å². The molecule has 0 aliphatic carbocycles. The third-order valence-corrected chi connectivity index (χ3v) is 4.41. The van der Waals surface area contributed by atoms with Crippen molar-refractivity contribution >= 4 is 34.3 Å². The fourth-order valence-corrected chi connectivity index (χ4v) is 2.93. The van der Waals surface area contributed by atoms with Crippen LogP contribution in [0.25, 0.3) is 11.0 Å². The largest absolute Gasteiger partial charge is 0.451 e. The maximum absolute atomic E-state index is 12.3. The third-order valence-electron chi connectivity index (χ3n) is 4.41. The summed E-state index contributed by atoms with van der Waals surface area (Å²) >= 11 is 0. The van der Waals surface area contributed by atoms with Crippen molar-refractivity contribution in [2.45, 2.75) is 6.92 Å². The maximum atomic E-state index is 12.3. The lowest BCUT2D eigenvalue weighted by molar-refractivity contribution is 0.0928. The van der Waals surface area contributed by atoms with Crippen LogP contribution in [0.2, 0.25) is 0 Å². The molecule has 0 radical (unpaired) electrons. The standard InChI is InChI=1S/C22H20N6O3/c1-14-6-7-23-20(10-14)28-21-12-19(26-13-27-21)24-8-9-25-22(30)18-11-16(29)15-4-2-3-5-17(15)31-18/h2-7,10-13H,8-9H2,1H3,(H,25,30)(H2,23,24,26,27,28). The molecule has 0 saturated heterocycles. The van der Waals surface area contributed by atoms with Crippen LogP contribution in [-0.4, -0.2) is 33.9 Å². The molecule has 0 fully saturated rings. The Morgan fingerprint density at radius 2 is 1.77 bits per heavy atom. The van der Waals surface area contributed by atoms with Crippen molar-refractivity contribution in [1.82, 2.24) is 20.3 Å². The molecule has 0 aliphatic rings. The van der Waals surface area contributed by atoms with Crippen molar-refractivity contribution in [3.8, 4) is 0 Å². The van der Waals surface area contributed by atoms with Gasteiger partial charge in [0.15, 0.2) is 11.2 Å². The van der Waals surface area contributed by atoms with Crippen LogP contribution in [-0.2, 0) is 0 Å².